The summed E-state index contributed by atoms with van der Waals surface area (Å²) in [5.41, 5.74) is 7.13. The van der Waals surface area contributed by atoms with E-state index in [1.54, 1.807) is 0 Å². The standard InChI is InChI=1S/C14H21NO3/c1-9(2)10(3)16-7-12(15)11-4-5-13-14(6-11)18-8-17-13/h4-6,9-10,12H,7-8,15H2,1-3H3. The summed E-state index contributed by atoms with van der Waals surface area (Å²) < 4.78 is 16.3. The highest BCUT2D eigenvalue weighted by molar-refractivity contribution is 5.45. The molecule has 1 aliphatic rings. The summed E-state index contributed by atoms with van der Waals surface area (Å²) >= 11 is 0. The highest BCUT2D eigenvalue weighted by Crippen LogP contribution is 2.33. The lowest BCUT2D eigenvalue weighted by Crippen LogP contribution is -2.23. The zero-order valence-corrected chi connectivity index (χ0v) is 11.2. The van der Waals surface area contributed by atoms with Gasteiger partial charge in [-0.1, -0.05) is 19.9 Å². The molecule has 0 aromatic heterocycles. The van der Waals surface area contributed by atoms with Crippen LogP contribution in [0.2, 0.25) is 0 Å². The first-order valence-corrected chi connectivity index (χ1v) is 6.34. The van der Waals surface area contributed by atoms with Crippen LogP contribution in [0.4, 0.5) is 0 Å². The van der Waals surface area contributed by atoms with Gasteiger partial charge in [-0.3, -0.25) is 0 Å². The zero-order chi connectivity index (χ0) is 13.1. The molecule has 1 heterocycles. The summed E-state index contributed by atoms with van der Waals surface area (Å²) in [6.45, 7) is 7.14. The average molecular weight is 251 g/mol. The van der Waals surface area contributed by atoms with Gasteiger partial charge in [-0.15, -0.1) is 0 Å². The molecule has 4 nitrogen and oxygen atoms in total. The number of rotatable bonds is 5. The maximum Gasteiger partial charge on any atom is 0.231 e. The first kappa shape index (κ1) is 13.2. The number of hydrogen-bond acceptors (Lipinski definition) is 4. The van der Waals surface area contributed by atoms with E-state index in [0.717, 1.165) is 17.1 Å². The van der Waals surface area contributed by atoms with Gasteiger partial charge in [0, 0.05) is 0 Å². The average Bonchev–Trinajstić information content (AvgIpc) is 2.82. The van der Waals surface area contributed by atoms with E-state index in [1.165, 1.54) is 0 Å². The van der Waals surface area contributed by atoms with E-state index in [2.05, 4.69) is 20.8 Å². The molecular weight excluding hydrogens is 230 g/mol. The van der Waals surface area contributed by atoms with Crippen molar-refractivity contribution < 1.29 is 14.2 Å². The van der Waals surface area contributed by atoms with Crippen LogP contribution in [0.5, 0.6) is 11.5 Å². The fraction of sp³-hybridized carbons (Fsp3) is 0.571. The topological polar surface area (TPSA) is 53.7 Å². The molecule has 0 aliphatic carbocycles. The quantitative estimate of drug-likeness (QED) is 0.873. The Morgan fingerprint density at radius 2 is 1.94 bits per heavy atom. The molecule has 100 valence electrons. The van der Waals surface area contributed by atoms with Crippen molar-refractivity contribution >= 4 is 0 Å². The van der Waals surface area contributed by atoms with Gasteiger partial charge in [0.1, 0.15) is 0 Å². The molecule has 1 aromatic carbocycles. The third-order valence-electron chi connectivity index (χ3n) is 3.30. The molecule has 0 saturated carbocycles. The molecule has 2 N–H and O–H groups in total. The van der Waals surface area contributed by atoms with Crippen molar-refractivity contribution in [3.8, 4) is 11.5 Å². The summed E-state index contributed by atoms with van der Waals surface area (Å²) in [5, 5.41) is 0. The number of hydrogen-bond donors (Lipinski definition) is 1. The molecule has 0 amide bonds. The van der Waals surface area contributed by atoms with E-state index in [0.29, 0.717) is 12.5 Å². The van der Waals surface area contributed by atoms with Crippen molar-refractivity contribution in [2.75, 3.05) is 13.4 Å². The zero-order valence-electron chi connectivity index (χ0n) is 11.2. The summed E-state index contributed by atoms with van der Waals surface area (Å²) in [6, 6.07) is 5.64. The van der Waals surface area contributed by atoms with Crippen molar-refractivity contribution in [2.45, 2.75) is 32.9 Å². The van der Waals surface area contributed by atoms with E-state index in [1.807, 2.05) is 18.2 Å². The van der Waals surface area contributed by atoms with Gasteiger partial charge in [-0.05, 0) is 30.5 Å². The van der Waals surface area contributed by atoms with Gasteiger partial charge < -0.3 is 19.9 Å². The number of benzene rings is 1. The minimum atomic E-state index is -0.138. The molecule has 0 radical (unpaired) electrons. The van der Waals surface area contributed by atoms with Crippen LogP contribution in [-0.2, 0) is 4.74 Å². The van der Waals surface area contributed by atoms with E-state index in [-0.39, 0.29) is 18.9 Å². The Kier molecular flexibility index (Phi) is 4.09. The van der Waals surface area contributed by atoms with Crippen LogP contribution in [-0.4, -0.2) is 19.5 Å². The molecule has 0 fully saturated rings. The predicted molar refractivity (Wildman–Crippen MR) is 69.7 cm³/mol. The maximum absolute atomic E-state index is 6.12. The van der Waals surface area contributed by atoms with Crippen LogP contribution in [0.25, 0.3) is 0 Å². The van der Waals surface area contributed by atoms with Crippen molar-refractivity contribution in [1.82, 2.24) is 0 Å². The highest BCUT2D eigenvalue weighted by atomic mass is 16.7. The third-order valence-corrected chi connectivity index (χ3v) is 3.30. The lowest BCUT2D eigenvalue weighted by molar-refractivity contribution is 0.0272. The molecular formula is C14H21NO3. The smallest absolute Gasteiger partial charge is 0.231 e. The molecule has 18 heavy (non-hydrogen) atoms. The Labute approximate surface area is 108 Å². The van der Waals surface area contributed by atoms with Gasteiger partial charge in [0.15, 0.2) is 11.5 Å². The molecule has 1 aliphatic heterocycles. The van der Waals surface area contributed by atoms with Crippen LogP contribution >= 0.6 is 0 Å². The monoisotopic (exact) mass is 251 g/mol. The van der Waals surface area contributed by atoms with Gasteiger partial charge in [0.05, 0.1) is 18.8 Å². The number of nitrogens with two attached hydrogens (primary N) is 1. The highest BCUT2D eigenvalue weighted by Gasteiger charge is 2.17. The summed E-state index contributed by atoms with van der Waals surface area (Å²) in [4.78, 5) is 0. The first-order chi connectivity index (χ1) is 8.58. The van der Waals surface area contributed by atoms with Crippen LogP contribution in [0, 0.1) is 5.92 Å². The van der Waals surface area contributed by atoms with E-state index >= 15 is 0 Å². The summed E-state index contributed by atoms with van der Waals surface area (Å²) in [5.74, 6) is 2.04. The first-order valence-electron chi connectivity index (χ1n) is 6.34. The normalized spacial score (nSPS) is 16.9. The Balaban J connectivity index is 1.95. The summed E-state index contributed by atoms with van der Waals surface area (Å²) in [7, 11) is 0. The Bertz CT molecular complexity index is 406. The second-order valence-corrected chi connectivity index (χ2v) is 5.00. The van der Waals surface area contributed by atoms with E-state index in [9.17, 15) is 0 Å². The minimum Gasteiger partial charge on any atom is -0.454 e. The van der Waals surface area contributed by atoms with Gasteiger partial charge in [-0.2, -0.15) is 0 Å². The van der Waals surface area contributed by atoms with E-state index < -0.39 is 0 Å². The predicted octanol–water partition coefficient (Wildman–Crippen LogP) is 2.48. The Morgan fingerprint density at radius 3 is 2.67 bits per heavy atom. The number of fused-ring (bicyclic) bond motifs is 1. The van der Waals surface area contributed by atoms with Crippen molar-refractivity contribution in [2.24, 2.45) is 11.7 Å². The molecule has 0 spiro atoms. The second kappa shape index (κ2) is 5.59. The van der Waals surface area contributed by atoms with Gasteiger partial charge in [0.25, 0.3) is 0 Å². The SMILES string of the molecule is CC(C)C(C)OCC(N)c1ccc2c(c1)OCO2. The third kappa shape index (κ3) is 2.94. The van der Waals surface area contributed by atoms with Crippen molar-refractivity contribution in [3.05, 3.63) is 23.8 Å². The number of ether oxygens (including phenoxy) is 3. The fourth-order valence-electron chi connectivity index (χ4n) is 1.69. The molecule has 2 rings (SSSR count). The van der Waals surface area contributed by atoms with Gasteiger partial charge in [-0.25, -0.2) is 0 Å². The van der Waals surface area contributed by atoms with Crippen LogP contribution in [0.15, 0.2) is 18.2 Å². The second-order valence-electron chi connectivity index (χ2n) is 5.00. The molecule has 1 aromatic rings. The van der Waals surface area contributed by atoms with Crippen molar-refractivity contribution in [3.63, 3.8) is 0 Å². The molecule has 4 heteroatoms. The Hall–Kier alpha value is -1.26. The van der Waals surface area contributed by atoms with Crippen LogP contribution in [0.3, 0.4) is 0 Å². The summed E-state index contributed by atoms with van der Waals surface area (Å²) in [6.07, 6.45) is 0.213. The van der Waals surface area contributed by atoms with Crippen molar-refractivity contribution in [1.29, 1.82) is 0 Å². The largest absolute Gasteiger partial charge is 0.454 e. The molecule has 0 bridgehead atoms. The molecule has 2 atom stereocenters. The van der Waals surface area contributed by atoms with Gasteiger partial charge in [0.2, 0.25) is 6.79 Å². The lowest BCUT2D eigenvalue weighted by Gasteiger charge is -2.20. The Morgan fingerprint density at radius 1 is 1.22 bits per heavy atom. The van der Waals surface area contributed by atoms with Crippen LogP contribution < -0.4 is 15.2 Å². The van der Waals surface area contributed by atoms with Crippen LogP contribution in [0.1, 0.15) is 32.4 Å². The fourth-order valence-corrected chi connectivity index (χ4v) is 1.69. The van der Waals surface area contributed by atoms with Gasteiger partial charge >= 0.3 is 0 Å². The lowest BCUT2D eigenvalue weighted by atomic mass is 10.1. The minimum absolute atomic E-state index is 0.138. The van der Waals surface area contributed by atoms with E-state index in [4.69, 9.17) is 19.9 Å². The molecule has 2 unspecified atom stereocenters. The maximum atomic E-state index is 6.12. The molecule has 0 saturated heterocycles.